The maximum absolute atomic E-state index is 12.9. The summed E-state index contributed by atoms with van der Waals surface area (Å²) in [5.74, 6) is -0.706. The molecule has 0 bridgehead atoms. The Morgan fingerprint density at radius 2 is 2.07 bits per heavy atom. The zero-order valence-corrected chi connectivity index (χ0v) is 17.3. The summed E-state index contributed by atoms with van der Waals surface area (Å²) in [7, 11) is 1.33. The molecule has 0 radical (unpaired) electrons. The lowest BCUT2D eigenvalue weighted by atomic mass is 9.97. The number of para-hydroxylation sites is 1. The van der Waals surface area contributed by atoms with E-state index in [1.54, 1.807) is 35.6 Å². The van der Waals surface area contributed by atoms with Gasteiger partial charge in [0, 0.05) is 13.1 Å². The summed E-state index contributed by atoms with van der Waals surface area (Å²) >= 11 is 1.67. The fourth-order valence-electron chi connectivity index (χ4n) is 3.63. The molecule has 0 saturated carbocycles. The molecule has 7 heteroatoms. The lowest BCUT2D eigenvalue weighted by Gasteiger charge is -2.31. The largest absolute Gasteiger partial charge is 0.465 e. The third-order valence-corrected chi connectivity index (χ3v) is 6.26. The van der Waals surface area contributed by atoms with Crippen molar-refractivity contribution in [3.63, 3.8) is 0 Å². The van der Waals surface area contributed by atoms with Gasteiger partial charge in [-0.3, -0.25) is 4.79 Å². The van der Waals surface area contributed by atoms with Gasteiger partial charge in [0.25, 0.3) is 0 Å². The third-order valence-electron chi connectivity index (χ3n) is 5.19. The smallest absolute Gasteiger partial charge is 0.339 e. The van der Waals surface area contributed by atoms with Crippen LogP contribution in [0.5, 0.6) is 0 Å². The molecular weight excluding hydrogens is 386 g/mol. The Morgan fingerprint density at radius 1 is 1.24 bits per heavy atom. The van der Waals surface area contributed by atoms with E-state index in [4.69, 9.17) is 9.72 Å². The van der Waals surface area contributed by atoms with Crippen LogP contribution in [-0.4, -0.2) is 37.1 Å². The Bertz CT molecular complexity index is 1060. The first-order valence-electron chi connectivity index (χ1n) is 9.65. The highest BCUT2D eigenvalue weighted by Crippen LogP contribution is 2.32. The van der Waals surface area contributed by atoms with E-state index in [0.717, 1.165) is 30.0 Å². The van der Waals surface area contributed by atoms with Crippen molar-refractivity contribution in [2.24, 2.45) is 5.92 Å². The summed E-state index contributed by atoms with van der Waals surface area (Å²) in [5.41, 5.74) is 3.05. The van der Waals surface area contributed by atoms with E-state index in [1.165, 1.54) is 17.4 Å². The third kappa shape index (κ3) is 4.10. The number of carbonyl (C=O) groups is 2. The molecule has 2 heterocycles. The number of aryl methyl sites for hydroxylation is 1. The van der Waals surface area contributed by atoms with Crippen LogP contribution in [0.3, 0.4) is 0 Å². The standard InChI is InChI=1S/C22H23N3O3S/c1-14-9-10-18-19(12-14)29-22(24-18)25-11-5-6-15(13-25)20(26)23-17-8-4-3-7-16(17)21(27)28-2/h3-4,7-10,12,15H,5-6,11,13H2,1-2H3,(H,23,26). The van der Waals surface area contributed by atoms with Crippen molar-refractivity contribution < 1.29 is 14.3 Å². The number of nitrogens with one attached hydrogen (secondary N) is 1. The number of ether oxygens (including phenoxy) is 1. The van der Waals surface area contributed by atoms with Gasteiger partial charge >= 0.3 is 5.97 Å². The number of hydrogen-bond donors (Lipinski definition) is 1. The Kier molecular flexibility index (Phi) is 5.49. The molecule has 1 amide bonds. The number of esters is 1. The van der Waals surface area contributed by atoms with Crippen LogP contribution in [0.1, 0.15) is 28.8 Å². The molecule has 1 aliphatic heterocycles. The molecule has 1 fully saturated rings. The van der Waals surface area contributed by atoms with Gasteiger partial charge in [-0.05, 0) is 49.6 Å². The van der Waals surface area contributed by atoms with Crippen molar-refractivity contribution in [3.05, 3.63) is 53.6 Å². The average molecular weight is 410 g/mol. The second-order valence-electron chi connectivity index (χ2n) is 7.28. The predicted octanol–water partition coefficient (Wildman–Crippen LogP) is 4.25. The maximum atomic E-state index is 12.9. The average Bonchev–Trinajstić information content (AvgIpc) is 3.17. The van der Waals surface area contributed by atoms with Crippen molar-refractivity contribution in [2.45, 2.75) is 19.8 Å². The van der Waals surface area contributed by atoms with Gasteiger partial charge in [0.2, 0.25) is 5.91 Å². The summed E-state index contributed by atoms with van der Waals surface area (Å²) in [6.45, 7) is 3.58. The molecule has 1 N–H and O–H groups in total. The minimum absolute atomic E-state index is 0.0805. The molecule has 1 unspecified atom stereocenters. The lowest BCUT2D eigenvalue weighted by molar-refractivity contribution is -0.120. The van der Waals surface area contributed by atoms with Crippen LogP contribution in [-0.2, 0) is 9.53 Å². The van der Waals surface area contributed by atoms with Crippen molar-refractivity contribution in [1.29, 1.82) is 0 Å². The predicted molar refractivity (Wildman–Crippen MR) is 116 cm³/mol. The van der Waals surface area contributed by atoms with Crippen LogP contribution >= 0.6 is 11.3 Å². The van der Waals surface area contributed by atoms with Crippen molar-refractivity contribution >= 4 is 44.2 Å². The highest BCUT2D eigenvalue weighted by atomic mass is 32.1. The van der Waals surface area contributed by atoms with Crippen molar-refractivity contribution in [2.75, 3.05) is 30.4 Å². The van der Waals surface area contributed by atoms with Gasteiger partial charge in [-0.25, -0.2) is 9.78 Å². The summed E-state index contributed by atoms with van der Waals surface area (Å²) in [6, 6.07) is 13.2. The molecule has 2 aromatic carbocycles. The SMILES string of the molecule is COC(=O)c1ccccc1NC(=O)C1CCCN(c2nc3ccc(C)cc3s2)C1. The molecule has 3 aromatic rings. The van der Waals surface area contributed by atoms with Gasteiger partial charge in [0.05, 0.1) is 34.5 Å². The molecule has 1 aromatic heterocycles. The summed E-state index contributed by atoms with van der Waals surface area (Å²) in [4.78, 5) is 31.8. The Balaban J connectivity index is 1.49. The minimum Gasteiger partial charge on any atom is -0.465 e. The van der Waals surface area contributed by atoms with E-state index < -0.39 is 5.97 Å². The van der Waals surface area contributed by atoms with Gasteiger partial charge in [-0.2, -0.15) is 0 Å². The highest BCUT2D eigenvalue weighted by Gasteiger charge is 2.28. The summed E-state index contributed by atoms with van der Waals surface area (Å²) < 4.78 is 5.98. The quantitative estimate of drug-likeness (QED) is 0.653. The first-order valence-corrected chi connectivity index (χ1v) is 10.5. The number of rotatable bonds is 4. The fraction of sp³-hybridized carbons (Fsp3) is 0.318. The van der Waals surface area contributed by atoms with Gasteiger partial charge in [-0.1, -0.05) is 29.5 Å². The number of carbonyl (C=O) groups excluding carboxylic acids is 2. The molecule has 150 valence electrons. The summed E-state index contributed by atoms with van der Waals surface area (Å²) in [6.07, 6.45) is 1.73. The number of anilines is 2. The summed E-state index contributed by atoms with van der Waals surface area (Å²) in [5, 5.41) is 3.87. The monoisotopic (exact) mass is 409 g/mol. The molecule has 0 aliphatic carbocycles. The highest BCUT2D eigenvalue weighted by molar-refractivity contribution is 7.22. The van der Waals surface area contributed by atoms with Crippen LogP contribution in [0, 0.1) is 12.8 Å². The lowest BCUT2D eigenvalue weighted by Crippen LogP contribution is -2.40. The molecule has 1 aliphatic rings. The zero-order chi connectivity index (χ0) is 20.4. The molecule has 29 heavy (non-hydrogen) atoms. The normalized spacial score (nSPS) is 16.6. The van der Waals surface area contributed by atoms with E-state index in [1.807, 2.05) is 6.07 Å². The van der Waals surface area contributed by atoms with Gasteiger partial charge in [-0.15, -0.1) is 0 Å². The Labute approximate surface area is 173 Å². The molecule has 1 atom stereocenters. The maximum Gasteiger partial charge on any atom is 0.339 e. The van der Waals surface area contributed by atoms with Crippen LogP contribution in [0.15, 0.2) is 42.5 Å². The number of methoxy groups -OCH3 is 1. The Morgan fingerprint density at radius 3 is 2.90 bits per heavy atom. The molecule has 6 nitrogen and oxygen atoms in total. The molecule has 4 rings (SSSR count). The van der Waals surface area contributed by atoms with E-state index in [2.05, 4.69) is 29.3 Å². The number of aromatic nitrogens is 1. The van der Waals surface area contributed by atoms with Crippen LogP contribution in [0.4, 0.5) is 10.8 Å². The first-order chi connectivity index (χ1) is 14.0. The number of thiazole rings is 1. The Hall–Kier alpha value is -2.93. The second-order valence-corrected chi connectivity index (χ2v) is 8.29. The zero-order valence-electron chi connectivity index (χ0n) is 16.5. The van der Waals surface area contributed by atoms with Crippen LogP contribution < -0.4 is 10.2 Å². The van der Waals surface area contributed by atoms with Crippen molar-refractivity contribution in [1.82, 2.24) is 4.98 Å². The van der Waals surface area contributed by atoms with Crippen LogP contribution in [0.2, 0.25) is 0 Å². The van der Waals surface area contributed by atoms with E-state index >= 15 is 0 Å². The molecule has 0 spiro atoms. The van der Waals surface area contributed by atoms with Gasteiger partial charge in [0.15, 0.2) is 5.13 Å². The minimum atomic E-state index is -0.462. The number of amides is 1. The van der Waals surface area contributed by atoms with E-state index in [-0.39, 0.29) is 11.8 Å². The fourth-order valence-corrected chi connectivity index (χ4v) is 4.73. The van der Waals surface area contributed by atoms with Gasteiger partial charge < -0.3 is 15.0 Å². The molecular formula is C22H23N3O3S. The topological polar surface area (TPSA) is 71.5 Å². The van der Waals surface area contributed by atoms with Crippen molar-refractivity contribution in [3.8, 4) is 0 Å². The number of piperidine rings is 1. The number of benzene rings is 2. The van der Waals surface area contributed by atoms with E-state index in [0.29, 0.717) is 17.8 Å². The van der Waals surface area contributed by atoms with Gasteiger partial charge in [0.1, 0.15) is 0 Å². The first kappa shape index (κ1) is 19.4. The second kappa shape index (κ2) is 8.21. The number of fused-ring (bicyclic) bond motifs is 1. The van der Waals surface area contributed by atoms with Crippen LogP contribution in [0.25, 0.3) is 10.2 Å². The number of hydrogen-bond acceptors (Lipinski definition) is 6. The molecule has 1 saturated heterocycles. The number of nitrogens with zero attached hydrogens (tertiary/aromatic N) is 2. The van der Waals surface area contributed by atoms with E-state index in [9.17, 15) is 9.59 Å².